The molecule has 5 rings (SSSR count). The van der Waals surface area contributed by atoms with E-state index in [1.807, 2.05) is 18.2 Å². The van der Waals surface area contributed by atoms with Gasteiger partial charge in [-0.2, -0.15) is 0 Å². The lowest BCUT2D eigenvalue weighted by Gasteiger charge is -2.16. The van der Waals surface area contributed by atoms with Gasteiger partial charge in [-0.1, -0.05) is 42.6 Å². The summed E-state index contributed by atoms with van der Waals surface area (Å²) in [6.07, 6.45) is 5.64. The van der Waals surface area contributed by atoms with Crippen LogP contribution in [0.4, 0.5) is 0 Å². The number of aromatic nitrogens is 2. The Kier molecular flexibility index (Phi) is 6.11. The van der Waals surface area contributed by atoms with E-state index >= 15 is 0 Å². The first-order valence-corrected chi connectivity index (χ1v) is 11.7. The second kappa shape index (κ2) is 9.35. The van der Waals surface area contributed by atoms with E-state index in [1.54, 1.807) is 36.4 Å². The van der Waals surface area contributed by atoms with Crippen LogP contribution in [0.5, 0.6) is 0 Å². The van der Waals surface area contributed by atoms with Gasteiger partial charge in [-0.25, -0.2) is 4.79 Å². The first-order valence-electron chi connectivity index (χ1n) is 11.4. The smallest absolute Gasteiger partial charge is 0.332 e. The highest BCUT2D eigenvalue weighted by molar-refractivity contribution is 6.31. The normalized spacial score (nSPS) is 14.0. The molecule has 0 radical (unpaired) electrons. The van der Waals surface area contributed by atoms with Gasteiger partial charge < -0.3 is 9.73 Å². The Morgan fingerprint density at radius 2 is 1.79 bits per heavy atom. The predicted molar refractivity (Wildman–Crippen MR) is 131 cm³/mol. The third-order valence-corrected chi connectivity index (χ3v) is 6.73. The lowest BCUT2D eigenvalue weighted by Crippen LogP contribution is -2.40. The van der Waals surface area contributed by atoms with Crippen LogP contribution in [0, 0.1) is 0 Å². The van der Waals surface area contributed by atoms with Crippen molar-refractivity contribution < 1.29 is 9.21 Å². The Bertz CT molecular complexity index is 1460. The van der Waals surface area contributed by atoms with Gasteiger partial charge >= 0.3 is 5.69 Å². The number of amides is 1. The van der Waals surface area contributed by atoms with E-state index in [0.29, 0.717) is 27.2 Å². The van der Waals surface area contributed by atoms with E-state index in [4.69, 9.17) is 16.0 Å². The first-order chi connectivity index (χ1) is 16.5. The zero-order chi connectivity index (χ0) is 23.7. The van der Waals surface area contributed by atoms with E-state index < -0.39 is 11.2 Å². The molecule has 4 aromatic rings. The summed E-state index contributed by atoms with van der Waals surface area (Å²) in [5.74, 6) is 0.292. The van der Waals surface area contributed by atoms with E-state index in [0.717, 1.165) is 35.8 Å². The van der Waals surface area contributed by atoms with Crippen LogP contribution >= 0.6 is 11.6 Å². The highest BCUT2D eigenvalue weighted by Gasteiger charge is 2.20. The highest BCUT2D eigenvalue weighted by atomic mass is 35.5. The van der Waals surface area contributed by atoms with Crippen LogP contribution in [0.1, 0.15) is 47.4 Å². The van der Waals surface area contributed by atoms with Crippen molar-refractivity contribution >= 4 is 28.4 Å². The third kappa shape index (κ3) is 4.31. The van der Waals surface area contributed by atoms with E-state index in [2.05, 4.69) is 5.32 Å². The second-order valence-corrected chi connectivity index (χ2v) is 9.02. The Labute approximate surface area is 200 Å². The summed E-state index contributed by atoms with van der Waals surface area (Å²) in [5, 5.41) is 3.92. The minimum atomic E-state index is -0.498. The van der Waals surface area contributed by atoms with Gasteiger partial charge in [-0.3, -0.25) is 18.7 Å². The molecule has 1 amide bonds. The van der Waals surface area contributed by atoms with Crippen LogP contribution < -0.4 is 16.6 Å². The Morgan fingerprint density at radius 3 is 2.53 bits per heavy atom. The van der Waals surface area contributed by atoms with Crippen molar-refractivity contribution in [1.29, 1.82) is 0 Å². The number of hydrogen-bond donors (Lipinski definition) is 1. The standard InChI is InChI=1S/C26H24ClN3O4/c27-22-10-4-1-6-18(22)15-29-23-14-17(24(31)28-19-7-2-3-8-19)11-12-21(23)25(32)30(26(29)33)16-20-9-5-13-34-20/h1,4-6,9-14,19H,2-3,7-8,15-16H2,(H,28,31). The quantitative estimate of drug-likeness (QED) is 0.451. The second-order valence-electron chi connectivity index (χ2n) is 8.62. The van der Waals surface area contributed by atoms with Crippen LogP contribution in [0.3, 0.4) is 0 Å². The number of fused-ring (bicyclic) bond motifs is 1. The summed E-state index contributed by atoms with van der Waals surface area (Å²) < 4.78 is 8.01. The molecule has 0 bridgehead atoms. The Hall–Kier alpha value is -3.58. The van der Waals surface area contributed by atoms with E-state index in [-0.39, 0.29) is 25.0 Å². The zero-order valence-electron chi connectivity index (χ0n) is 18.5. The largest absolute Gasteiger partial charge is 0.467 e. The number of furan rings is 1. The van der Waals surface area contributed by atoms with Crippen LogP contribution in [-0.4, -0.2) is 21.1 Å². The van der Waals surface area contributed by atoms with E-state index in [9.17, 15) is 14.4 Å². The van der Waals surface area contributed by atoms with Crippen molar-refractivity contribution in [2.75, 3.05) is 0 Å². The SMILES string of the molecule is O=C(NC1CCCC1)c1ccc2c(=O)n(Cc3ccco3)c(=O)n(Cc3ccccc3Cl)c2c1. The summed E-state index contributed by atoms with van der Waals surface area (Å²) >= 11 is 6.38. The predicted octanol–water partition coefficient (Wildman–Crippen LogP) is 4.18. The number of nitrogens with zero attached hydrogens (tertiary/aromatic N) is 2. The molecule has 1 saturated carbocycles. The highest BCUT2D eigenvalue weighted by Crippen LogP contribution is 2.21. The number of carbonyl (C=O) groups excluding carboxylic acids is 1. The molecule has 1 N–H and O–H groups in total. The van der Waals surface area contributed by atoms with Crippen molar-refractivity contribution in [1.82, 2.24) is 14.5 Å². The third-order valence-electron chi connectivity index (χ3n) is 6.36. The summed E-state index contributed by atoms with van der Waals surface area (Å²) in [5.41, 5.74) is 0.605. The minimum absolute atomic E-state index is 0.00699. The molecule has 34 heavy (non-hydrogen) atoms. The van der Waals surface area contributed by atoms with Crippen LogP contribution in [-0.2, 0) is 13.1 Å². The fourth-order valence-corrected chi connectivity index (χ4v) is 4.74. The topological polar surface area (TPSA) is 86.2 Å². The lowest BCUT2D eigenvalue weighted by molar-refractivity contribution is 0.0938. The number of benzene rings is 2. The molecular weight excluding hydrogens is 454 g/mol. The number of carbonyl (C=O) groups is 1. The van der Waals surface area contributed by atoms with E-state index in [1.165, 1.54) is 10.8 Å². The number of nitrogens with one attached hydrogen (secondary N) is 1. The molecular formula is C26H24ClN3O4. The van der Waals surface area contributed by atoms with Crippen molar-refractivity contribution in [3.8, 4) is 0 Å². The molecule has 2 aromatic heterocycles. The molecule has 1 aliphatic rings. The van der Waals surface area contributed by atoms with Crippen LogP contribution in [0.2, 0.25) is 5.02 Å². The molecule has 0 aliphatic heterocycles. The van der Waals surface area contributed by atoms with Gasteiger partial charge in [0.05, 0.1) is 30.3 Å². The van der Waals surface area contributed by atoms with Crippen molar-refractivity contribution in [3.63, 3.8) is 0 Å². The fourth-order valence-electron chi connectivity index (χ4n) is 4.54. The maximum atomic E-state index is 13.5. The Morgan fingerprint density at radius 1 is 1.00 bits per heavy atom. The molecule has 0 spiro atoms. The molecule has 0 saturated heterocycles. The molecule has 0 atom stereocenters. The van der Waals surface area contributed by atoms with Gasteiger partial charge in [0.2, 0.25) is 0 Å². The fraction of sp³-hybridized carbons (Fsp3) is 0.269. The van der Waals surface area contributed by atoms with Crippen molar-refractivity contribution in [2.45, 2.75) is 44.8 Å². The summed E-state index contributed by atoms with van der Waals surface area (Å²) in [7, 11) is 0. The van der Waals surface area contributed by atoms with Gasteiger partial charge in [-0.15, -0.1) is 0 Å². The lowest BCUT2D eigenvalue weighted by atomic mass is 10.1. The minimum Gasteiger partial charge on any atom is -0.467 e. The molecule has 1 aliphatic carbocycles. The first kappa shape index (κ1) is 22.2. The monoisotopic (exact) mass is 477 g/mol. The van der Waals surface area contributed by atoms with Gasteiger partial charge in [-0.05, 0) is 54.8 Å². The van der Waals surface area contributed by atoms with Gasteiger partial charge in [0.1, 0.15) is 5.76 Å². The molecule has 1 fully saturated rings. The van der Waals surface area contributed by atoms with Crippen LogP contribution in [0.25, 0.3) is 10.9 Å². The van der Waals surface area contributed by atoms with Crippen LogP contribution in [0.15, 0.2) is 74.9 Å². The van der Waals surface area contributed by atoms with Gasteiger partial charge in [0.25, 0.3) is 11.5 Å². The molecule has 7 nitrogen and oxygen atoms in total. The molecule has 2 heterocycles. The number of rotatable bonds is 6. The Balaban J connectivity index is 1.64. The molecule has 2 aromatic carbocycles. The van der Waals surface area contributed by atoms with Gasteiger partial charge in [0, 0.05) is 16.6 Å². The summed E-state index contributed by atoms with van der Waals surface area (Å²) in [6, 6.07) is 15.7. The molecule has 8 heteroatoms. The van der Waals surface area contributed by atoms with Crippen molar-refractivity contribution in [2.24, 2.45) is 0 Å². The molecule has 0 unspecified atom stereocenters. The maximum absolute atomic E-state index is 13.5. The average molecular weight is 478 g/mol. The van der Waals surface area contributed by atoms with Gasteiger partial charge in [0.15, 0.2) is 0 Å². The number of halogens is 1. The zero-order valence-corrected chi connectivity index (χ0v) is 19.3. The number of hydrogen-bond acceptors (Lipinski definition) is 4. The molecule has 174 valence electrons. The maximum Gasteiger partial charge on any atom is 0.332 e. The summed E-state index contributed by atoms with van der Waals surface area (Å²) in [6.45, 7) is 0.161. The average Bonchev–Trinajstić information content (AvgIpc) is 3.54. The van der Waals surface area contributed by atoms with Crippen molar-refractivity contribution in [3.05, 3.63) is 104 Å². The summed E-state index contributed by atoms with van der Waals surface area (Å²) in [4.78, 5) is 39.7.